The van der Waals surface area contributed by atoms with Gasteiger partial charge in [0.2, 0.25) is 0 Å². The number of hydrogen-bond acceptors (Lipinski definition) is 3. The fraction of sp³-hybridized carbons (Fsp3) is 0.250. The second-order valence-electron chi connectivity index (χ2n) is 4.03. The summed E-state index contributed by atoms with van der Waals surface area (Å²) in [6.45, 7) is 0. The molecule has 0 aliphatic carbocycles. The van der Waals surface area contributed by atoms with Crippen LogP contribution in [0.5, 0.6) is 0 Å². The monoisotopic (exact) mass is 246 g/mol. The summed E-state index contributed by atoms with van der Waals surface area (Å²) in [4.78, 5) is 8.78. The Kier molecular flexibility index (Phi) is 2.44. The molecule has 0 spiro atoms. The lowest BCUT2D eigenvalue weighted by Crippen LogP contribution is -2.32. The van der Waals surface area contributed by atoms with Gasteiger partial charge in [0.1, 0.15) is 5.50 Å². The Morgan fingerprint density at radius 3 is 3.00 bits per heavy atom. The molecule has 0 saturated carbocycles. The van der Waals surface area contributed by atoms with E-state index in [4.69, 9.17) is 11.6 Å². The van der Waals surface area contributed by atoms with Gasteiger partial charge in [-0.25, -0.2) is 0 Å². The summed E-state index contributed by atoms with van der Waals surface area (Å²) in [5.41, 5.74) is 1.88. The predicted molar refractivity (Wildman–Crippen MR) is 65.9 cm³/mol. The maximum atomic E-state index is 6.00. The highest BCUT2D eigenvalue weighted by atomic mass is 35.5. The van der Waals surface area contributed by atoms with E-state index in [2.05, 4.69) is 15.1 Å². The second-order valence-corrected chi connectivity index (χ2v) is 4.54. The fourth-order valence-electron chi connectivity index (χ4n) is 1.87. The van der Waals surface area contributed by atoms with Crippen molar-refractivity contribution in [3.8, 4) is 11.1 Å². The Morgan fingerprint density at radius 1 is 1.35 bits per heavy atom. The van der Waals surface area contributed by atoms with Crippen LogP contribution in [0.25, 0.3) is 17.2 Å². The molecule has 0 radical (unpaired) electrons. The van der Waals surface area contributed by atoms with E-state index < -0.39 is 0 Å². The minimum Gasteiger partial charge on any atom is -0.275 e. The molecule has 0 fully saturated rings. The van der Waals surface area contributed by atoms with E-state index in [-0.39, 0.29) is 5.50 Å². The minimum absolute atomic E-state index is 0.173. The van der Waals surface area contributed by atoms with Gasteiger partial charge in [0.25, 0.3) is 0 Å². The molecule has 0 N–H and O–H groups in total. The van der Waals surface area contributed by atoms with Crippen LogP contribution in [0.4, 0.5) is 0 Å². The number of halogens is 1. The molecule has 1 unspecified atom stereocenters. The van der Waals surface area contributed by atoms with Gasteiger partial charge in [-0.2, -0.15) is 5.10 Å². The number of hydrogen-bond donors (Lipinski definition) is 0. The van der Waals surface area contributed by atoms with Gasteiger partial charge >= 0.3 is 0 Å². The molecule has 1 aliphatic rings. The first-order valence-electron chi connectivity index (χ1n) is 5.39. The molecule has 5 heteroatoms. The molecule has 0 amide bonds. The van der Waals surface area contributed by atoms with E-state index in [1.54, 1.807) is 4.68 Å². The van der Waals surface area contributed by atoms with Crippen LogP contribution >= 0.6 is 11.6 Å². The molecule has 17 heavy (non-hydrogen) atoms. The molecule has 3 heterocycles. The number of nitrogens with zero attached hydrogens (tertiary/aromatic N) is 4. The zero-order valence-electron chi connectivity index (χ0n) is 9.34. The second kappa shape index (κ2) is 3.96. The van der Waals surface area contributed by atoms with Crippen molar-refractivity contribution >= 4 is 17.7 Å². The van der Waals surface area contributed by atoms with Crippen molar-refractivity contribution < 1.29 is 0 Å². The van der Waals surface area contributed by atoms with E-state index in [0.717, 1.165) is 28.3 Å². The zero-order chi connectivity index (χ0) is 11.8. The van der Waals surface area contributed by atoms with E-state index in [1.165, 1.54) is 0 Å². The van der Waals surface area contributed by atoms with E-state index in [1.807, 2.05) is 37.8 Å². The highest BCUT2D eigenvalue weighted by molar-refractivity contribution is 6.20. The molecular formula is C12H11ClN4. The van der Waals surface area contributed by atoms with Gasteiger partial charge in [0.15, 0.2) is 0 Å². The zero-order valence-corrected chi connectivity index (χ0v) is 10.1. The van der Waals surface area contributed by atoms with Crippen molar-refractivity contribution in [2.45, 2.75) is 11.9 Å². The van der Waals surface area contributed by atoms with Gasteiger partial charge in [0.05, 0.1) is 16.9 Å². The topological polar surface area (TPSA) is 43.1 Å². The van der Waals surface area contributed by atoms with Crippen molar-refractivity contribution in [3.05, 3.63) is 35.4 Å². The van der Waals surface area contributed by atoms with Crippen LogP contribution in [0.3, 0.4) is 0 Å². The first-order valence-corrected chi connectivity index (χ1v) is 5.83. The van der Waals surface area contributed by atoms with Crippen molar-refractivity contribution in [2.75, 3.05) is 0 Å². The highest BCUT2D eigenvalue weighted by Crippen LogP contribution is 2.14. The highest BCUT2D eigenvalue weighted by Gasteiger charge is 2.07. The molecule has 1 atom stereocenters. The molecule has 0 bridgehead atoms. The first kappa shape index (κ1) is 10.5. The van der Waals surface area contributed by atoms with Gasteiger partial charge in [-0.3, -0.25) is 14.7 Å². The van der Waals surface area contributed by atoms with Crippen LogP contribution in [-0.4, -0.2) is 20.3 Å². The summed E-state index contributed by atoms with van der Waals surface area (Å²) < 4.78 is 1.77. The Bertz CT molecular complexity index is 674. The molecule has 2 aromatic heterocycles. The third-order valence-corrected chi connectivity index (χ3v) is 3.00. The Labute approximate surface area is 103 Å². The lowest BCUT2D eigenvalue weighted by Gasteiger charge is -2.05. The van der Waals surface area contributed by atoms with E-state index in [0.29, 0.717) is 0 Å². The SMILES string of the molecule is Cn1cc(-c2cnc3c(c2)=NC(Cl)CC=3)cn1. The molecular weight excluding hydrogens is 236 g/mol. The summed E-state index contributed by atoms with van der Waals surface area (Å²) in [5.74, 6) is 0. The van der Waals surface area contributed by atoms with Gasteiger partial charge in [-0.05, 0) is 6.07 Å². The maximum absolute atomic E-state index is 6.00. The predicted octanol–water partition coefficient (Wildman–Crippen LogP) is 0.851. The molecule has 1 aliphatic heterocycles. The van der Waals surface area contributed by atoms with Crippen molar-refractivity contribution in [2.24, 2.45) is 12.0 Å². The molecule has 0 aromatic carbocycles. The van der Waals surface area contributed by atoms with Crippen LogP contribution < -0.4 is 10.7 Å². The molecule has 86 valence electrons. The van der Waals surface area contributed by atoms with E-state index in [9.17, 15) is 0 Å². The smallest absolute Gasteiger partial charge is 0.128 e. The van der Waals surface area contributed by atoms with Crippen LogP contribution in [0.2, 0.25) is 0 Å². The number of rotatable bonds is 1. The largest absolute Gasteiger partial charge is 0.275 e. The molecule has 3 rings (SSSR count). The standard InChI is InChI=1S/C12H11ClN4/c1-17-7-9(6-15-17)8-4-11-10(14-5-8)2-3-12(13)16-11/h2,4-7,12H,3H2,1H3. The number of alkyl halides is 1. The summed E-state index contributed by atoms with van der Waals surface area (Å²) in [6.07, 6.45) is 8.37. The molecule has 4 nitrogen and oxygen atoms in total. The van der Waals surface area contributed by atoms with Crippen LogP contribution in [0, 0.1) is 0 Å². The third kappa shape index (κ3) is 1.96. The van der Waals surface area contributed by atoms with Crippen LogP contribution in [-0.2, 0) is 7.05 Å². The van der Waals surface area contributed by atoms with Gasteiger partial charge in [-0.1, -0.05) is 17.7 Å². The maximum Gasteiger partial charge on any atom is 0.128 e. The lowest BCUT2D eigenvalue weighted by atomic mass is 10.1. The summed E-state index contributed by atoms with van der Waals surface area (Å²) in [7, 11) is 1.89. The van der Waals surface area contributed by atoms with E-state index >= 15 is 0 Å². The third-order valence-electron chi connectivity index (χ3n) is 2.72. The van der Waals surface area contributed by atoms with Gasteiger partial charge in [0, 0.05) is 37.0 Å². The van der Waals surface area contributed by atoms with Crippen LogP contribution in [0.15, 0.2) is 29.6 Å². The minimum atomic E-state index is -0.173. The van der Waals surface area contributed by atoms with Gasteiger partial charge < -0.3 is 0 Å². The number of aromatic nitrogens is 3. The molecule has 0 saturated heterocycles. The van der Waals surface area contributed by atoms with Crippen molar-refractivity contribution in [1.29, 1.82) is 0 Å². The first-order chi connectivity index (χ1) is 8.22. The van der Waals surface area contributed by atoms with Crippen LogP contribution in [0.1, 0.15) is 6.42 Å². The quantitative estimate of drug-likeness (QED) is 0.553. The summed E-state index contributed by atoms with van der Waals surface area (Å²) >= 11 is 6.00. The summed E-state index contributed by atoms with van der Waals surface area (Å²) in [5, 5.41) is 5.91. The number of pyridine rings is 1. The Morgan fingerprint density at radius 2 is 2.24 bits per heavy atom. The molecule has 2 aromatic rings. The average Bonchev–Trinajstić information content (AvgIpc) is 2.75. The Hall–Kier alpha value is -1.68. The number of fused-ring (bicyclic) bond motifs is 1. The fourth-order valence-corrected chi connectivity index (χ4v) is 2.06. The van der Waals surface area contributed by atoms with Crippen molar-refractivity contribution in [3.63, 3.8) is 0 Å². The summed E-state index contributed by atoms with van der Waals surface area (Å²) in [6, 6.07) is 2.00. The Balaban J connectivity index is 2.16. The van der Waals surface area contributed by atoms with Gasteiger partial charge in [-0.15, -0.1) is 0 Å². The number of aryl methyl sites for hydroxylation is 1. The van der Waals surface area contributed by atoms with Crippen molar-refractivity contribution in [1.82, 2.24) is 14.8 Å². The lowest BCUT2D eigenvalue weighted by molar-refractivity contribution is 0.768. The average molecular weight is 247 g/mol. The normalized spacial score (nSPS) is 18.1.